The highest BCUT2D eigenvalue weighted by atomic mass is 19.4. The molecule has 0 bridgehead atoms. The van der Waals surface area contributed by atoms with Crippen molar-refractivity contribution >= 4 is 10.9 Å². The lowest BCUT2D eigenvalue weighted by atomic mass is 9.71. The fraction of sp³-hybridized carbons (Fsp3) is 0.500. The quantitative estimate of drug-likeness (QED) is 0.800. The Balaban J connectivity index is 2.01. The van der Waals surface area contributed by atoms with Gasteiger partial charge in [0.15, 0.2) is 0 Å². The molecule has 21 heavy (non-hydrogen) atoms. The standard InChI is InChI=1S/C16H18F3NO/c1-15(7-3-2-4-8-15)13-10-20-14-6-5-11(9-12(13)14)21-16(17,18)19/h5-6,9-10,20H,2-4,7-8H2,1H3. The lowest BCUT2D eigenvalue weighted by molar-refractivity contribution is -0.274. The maximum Gasteiger partial charge on any atom is 0.573 e. The van der Waals surface area contributed by atoms with Crippen molar-refractivity contribution in [3.8, 4) is 5.75 Å². The molecule has 0 radical (unpaired) electrons. The predicted molar refractivity (Wildman–Crippen MR) is 75.4 cm³/mol. The van der Waals surface area contributed by atoms with Crippen molar-refractivity contribution in [1.29, 1.82) is 0 Å². The second-order valence-corrected chi connectivity index (χ2v) is 6.08. The van der Waals surface area contributed by atoms with Gasteiger partial charge in [-0.15, -0.1) is 13.2 Å². The van der Waals surface area contributed by atoms with E-state index >= 15 is 0 Å². The van der Waals surface area contributed by atoms with Crippen molar-refractivity contribution in [3.63, 3.8) is 0 Å². The summed E-state index contributed by atoms with van der Waals surface area (Å²) >= 11 is 0. The van der Waals surface area contributed by atoms with E-state index in [4.69, 9.17) is 0 Å². The molecule has 1 aliphatic rings. The van der Waals surface area contributed by atoms with Crippen molar-refractivity contribution < 1.29 is 17.9 Å². The summed E-state index contributed by atoms with van der Waals surface area (Å²) in [6.07, 6.45) is 3.01. The third-order valence-corrected chi connectivity index (χ3v) is 4.49. The number of nitrogens with one attached hydrogen (secondary N) is 1. The number of aromatic nitrogens is 1. The zero-order valence-electron chi connectivity index (χ0n) is 11.9. The number of H-pyrrole nitrogens is 1. The van der Waals surface area contributed by atoms with Crippen LogP contribution < -0.4 is 4.74 Å². The van der Waals surface area contributed by atoms with Gasteiger partial charge in [-0.05, 0) is 42.0 Å². The summed E-state index contributed by atoms with van der Waals surface area (Å²) in [5, 5.41) is 0.834. The first kappa shape index (κ1) is 14.3. The van der Waals surface area contributed by atoms with Gasteiger partial charge in [0.05, 0.1) is 0 Å². The van der Waals surface area contributed by atoms with E-state index in [1.54, 1.807) is 6.07 Å². The van der Waals surface area contributed by atoms with E-state index in [1.165, 1.54) is 31.4 Å². The third kappa shape index (κ3) is 2.87. The van der Waals surface area contributed by atoms with Crippen molar-refractivity contribution in [3.05, 3.63) is 30.0 Å². The molecule has 0 saturated heterocycles. The monoisotopic (exact) mass is 297 g/mol. The van der Waals surface area contributed by atoms with Gasteiger partial charge in [-0.2, -0.15) is 0 Å². The molecule has 1 N–H and O–H groups in total. The summed E-state index contributed by atoms with van der Waals surface area (Å²) < 4.78 is 41.1. The van der Waals surface area contributed by atoms with Crippen molar-refractivity contribution in [2.75, 3.05) is 0 Å². The number of rotatable bonds is 2. The number of hydrogen-bond donors (Lipinski definition) is 1. The summed E-state index contributed by atoms with van der Waals surface area (Å²) in [4.78, 5) is 3.16. The molecule has 0 unspecified atom stereocenters. The maximum atomic E-state index is 12.4. The molecule has 1 aliphatic carbocycles. The van der Waals surface area contributed by atoms with Crippen LogP contribution in [0, 0.1) is 0 Å². The summed E-state index contributed by atoms with van der Waals surface area (Å²) in [6, 6.07) is 4.49. The Morgan fingerprint density at radius 1 is 1.14 bits per heavy atom. The van der Waals surface area contributed by atoms with Crippen molar-refractivity contribution in [2.45, 2.75) is 50.8 Å². The van der Waals surface area contributed by atoms with E-state index < -0.39 is 6.36 Å². The number of ether oxygens (including phenoxy) is 1. The van der Waals surface area contributed by atoms with Crippen molar-refractivity contribution in [2.24, 2.45) is 0 Å². The predicted octanol–water partition coefficient (Wildman–Crippen LogP) is 5.29. The van der Waals surface area contributed by atoms with E-state index in [-0.39, 0.29) is 11.2 Å². The average Bonchev–Trinajstić information content (AvgIpc) is 2.81. The molecule has 0 atom stereocenters. The molecule has 0 aliphatic heterocycles. The normalized spacial score (nSPS) is 18.9. The Labute approximate surface area is 121 Å². The van der Waals surface area contributed by atoms with Gasteiger partial charge in [-0.1, -0.05) is 26.2 Å². The van der Waals surface area contributed by atoms with Gasteiger partial charge in [0.1, 0.15) is 5.75 Å². The number of hydrogen-bond acceptors (Lipinski definition) is 1. The number of alkyl halides is 3. The van der Waals surface area contributed by atoms with Crippen LogP contribution in [0.5, 0.6) is 5.75 Å². The maximum absolute atomic E-state index is 12.4. The zero-order valence-corrected chi connectivity index (χ0v) is 11.9. The van der Waals surface area contributed by atoms with E-state index in [0.29, 0.717) is 0 Å². The van der Waals surface area contributed by atoms with Gasteiger partial charge in [0.2, 0.25) is 0 Å². The first-order chi connectivity index (χ1) is 9.87. The number of aromatic amines is 1. The molecular weight excluding hydrogens is 279 g/mol. The highest BCUT2D eigenvalue weighted by Gasteiger charge is 2.33. The van der Waals surface area contributed by atoms with E-state index in [2.05, 4.69) is 16.6 Å². The molecule has 2 aromatic rings. The second kappa shape index (κ2) is 4.97. The first-order valence-corrected chi connectivity index (χ1v) is 7.25. The summed E-state index contributed by atoms with van der Waals surface area (Å²) in [5.74, 6) is -0.157. The summed E-state index contributed by atoms with van der Waals surface area (Å²) in [6.45, 7) is 2.20. The number of fused-ring (bicyclic) bond motifs is 1. The lowest BCUT2D eigenvalue weighted by Gasteiger charge is -2.33. The van der Waals surface area contributed by atoms with Crippen LogP contribution in [0.2, 0.25) is 0 Å². The molecule has 3 rings (SSSR count). The molecule has 114 valence electrons. The lowest BCUT2D eigenvalue weighted by Crippen LogP contribution is -2.24. The summed E-state index contributed by atoms with van der Waals surface area (Å²) in [5.41, 5.74) is 1.99. The van der Waals surface area contributed by atoms with E-state index in [9.17, 15) is 13.2 Å². The molecule has 0 spiro atoms. The molecular formula is C16H18F3NO. The van der Waals surface area contributed by atoms with Crippen LogP contribution in [0.3, 0.4) is 0 Å². The van der Waals surface area contributed by atoms with Gasteiger partial charge in [0, 0.05) is 17.1 Å². The number of halogens is 3. The van der Waals surface area contributed by atoms with Gasteiger partial charge in [0.25, 0.3) is 0 Å². The molecule has 1 aromatic heterocycles. The second-order valence-electron chi connectivity index (χ2n) is 6.08. The van der Waals surface area contributed by atoms with Crippen LogP contribution >= 0.6 is 0 Å². The summed E-state index contributed by atoms with van der Waals surface area (Å²) in [7, 11) is 0. The van der Waals surface area contributed by atoms with Crippen LogP contribution in [-0.4, -0.2) is 11.3 Å². The fourth-order valence-electron chi connectivity index (χ4n) is 3.40. The minimum Gasteiger partial charge on any atom is -0.406 e. The molecule has 1 saturated carbocycles. The fourth-order valence-corrected chi connectivity index (χ4v) is 3.40. The Morgan fingerprint density at radius 3 is 2.52 bits per heavy atom. The molecule has 2 nitrogen and oxygen atoms in total. The Morgan fingerprint density at radius 2 is 1.86 bits per heavy atom. The van der Waals surface area contributed by atoms with Crippen LogP contribution in [0.25, 0.3) is 10.9 Å². The third-order valence-electron chi connectivity index (χ3n) is 4.49. The highest BCUT2D eigenvalue weighted by molar-refractivity contribution is 5.85. The van der Waals surface area contributed by atoms with Gasteiger partial charge in [-0.25, -0.2) is 0 Å². The van der Waals surface area contributed by atoms with Crippen LogP contribution in [0.4, 0.5) is 13.2 Å². The van der Waals surface area contributed by atoms with E-state index in [0.717, 1.165) is 29.3 Å². The van der Waals surface area contributed by atoms with E-state index in [1.807, 2.05) is 6.20 Å². The average molecular weight is 297 g/mol. The van der Waals surface area contributed by atoms with Crippen LogP contribution in [-0.2, 0) is 5.41 Å². The Hall–Kier alpha value is -1.65. The number of benzene rings is 1. The molecule has 1 heterocycles. The molecule has 1 aromatic carbocycles. The minimum atomic E-state index is -4.65. The molecule has 0 amide bonds. The first-order valence-electron chi connectivity index (χ1n) is 7.25. The molecule has 1 fully saturated rings. The highest BCUT2D eigenvalue weighted by Crippen LogP contribution is 2.42. The topological polar surface area (TPSA) is 25.0 Å². The smallest absolute Gasteiger partial charge is 0.406 e. The SMILES string of the molecule is CC1(c2c[nH]c3ccc(OC(F)(F)F)cc23)CCCCC1. The van der Waals surface area contributed by atoms with Gasteiger partial charge in [-0.3, -0.25) is 0 Å². The van der Waals surface area contributed by atoms with Gasteiger partial charge < -0.3 is 9.72 Å². The van der Waals surface area contributed by atoms with Crippen LogP contribution in [0.1, 0.15) is 44.6 Å². The molecule has 5 heteroatoms. The Kier molecular flexibility index (Phi) is 3.38. The van der Waals surface area contributed by atoms with Crippen LogP contribution in [0.15, 0.2) is 24.4 Å². The minimum absolute atomic E-state index is 0.0351. The van der Waals surface area contributed by atoms with Crippen molar-refractivity contribution in [1.82, 2.24) is 4.98 Å². The van der Waals surface area contributed by atoms with Gasteiger partial charge >= 0.3 is 6.36 Å². The Bertz CT molecular complexity index is 638. The largest absolute Gasteiger partial charge is 0.573 e. The zero-order chi connectivity index (χ0) is 15.1.